The van der Waals surface area contributed by atoms with Crippen LogP contribution in [-0.4, -0.2) is 44.1 Å². The third-order valence-corrected chi connectivity index (χ3v) is 2.95. The van der Waals surface area contributed by atoms with Crippen molar-refractivity contribution in [3.63, 3.8) is 0 Å². The summed E-state index contributed by atoms with van der Waals surface area (Å²) in [6.45, 7) is 5.21. The van der Waals surface area contributed by atoms with Gasteiger partial charge in [-0.25, -0.2) is 0 Å². The third kappa shape index (κ3) is 7.70. The zero-order valence-corrected chi connectivity index (χ0v) is 12.7. The van der Waals surface area contributed by atoms with Gasteiger partial charge in [-0.2, -0.15) is 0 Å². The molecule has 1 atom stereocenters. The lowest BCUT2D eigenvalue weighted by Crippen LogP contribution is -2.32. The van der Waals surface area contributed by atoms with Crippen LogP contribution in [0, 0.1) is 0 Å². The number of hydrogen-bond donors (Lipinski definition) is 2. The molecular formula is C15H24ClNO3. The zero-order chi connectivity index (χ0) is 14.6. The van der Waals surface area contributed by atoms with Crippen LogP contribution in [0.3, 0.4) is 0 Å². The Morgan fingerprint density at radius 1 is 1.30 bits per heavy atom. The van der Waals surface area contributed by atoms with Gasteiger partial charge in [0, 0.05) is 19.8 Å². The second-order valence-electron chi connectivity index (χ2n) is 4.57. The van der Waals surface area contributed by atoms with Crippen LogP contribution < -0.4 is 10.1 Å². The molecular weight excluding hydrogens is 278 g/mol. The first kappa shape index (κ1) is 17.2. The number of nitrogens with one attached hydrogen (secondary N) is 1. The van der Waals surface area contributed by atoms with Crippen molar-refractivity contribution in [2.75, 3.05) is 32.9 Å². The third-order valence-electron chi connectivity index (χ3n) is 2.64. The van der Waals surface area contributed by atoms with Gasteiger partial charge in [-0.05, 0) is 31.5 Å². The topological polar surface area (TPSA) is 50.7 Å². The molecule has 0 heterocycles. The Morgan fingerprint density at radius 3 is 2.85 bits per heavy atom. The smallest absolute Gasteiger partial charge is 0.138 e. The fourth-order valence-corrected chi connectivity index (χ4v) is 1.81. The highest BCUT2D eigenvalue weighted by Gasteiger charge is 2.06. The molecule has 0 saturated heterocycles. The second-order valence-corrected chi connectivity index (χ2v) is 4.97. The molecule has 1 aromatic carbocycles. The van der Waals surface area contributed by atoms with Gasteiger partial charge in [0.05, 0.1) is 5.02 Å². The van der Waals surface area contributed by atoms with Crippen molar-refractivity contribution in [3.8, 4) is 5.75 Å². The molecule has 2 N–H and O–H groups in total. The van der Waals surface area contributed by atoms with Crippen molar-refractivity contribution in [2.24, 2.45) is 0 Å². The molecule has 114 valence electrons. The van der Waals surface area contributed by atoms with Crippen molar-refractivity contribution < 1.29 is 14.6 Å². The molecule has 0 saturated carbocycles. The van der Waals surface area contributed by atoms with Crippen molar-refractivity contribution in [3.05, 3.63) is 29.3 Å². The lowest BCUT2D eigenvalue weighted by molar-refractivity contribution is 0.103. The van der Waals surface area contributed by atoms with Crippen LogP contribution in [0.2, 0.25) is 5.02 Å². The number of halogens is 1. The average Bonchev–Trinajstić information content (AvgIpc) is 2.45. The summed E-state index contributed by atoms with van der Waals surface area (Å²) in [6, 6.07) is 7.24. The monoisotopic (exact) mass is 301 g/mol. The average molecular weight is 302 g/mol. The standard InChI is InChI=1S/C15H24ClNO3/c1-2-9-19-10-5-8-17-11-13(18)12-20-15-7-4-3-6-14(15)16/h3-4,6-7,13,17-18H,2,5,8-12H2,1H3. The maximum Gasteiger partial charge on any atom is 0.138 e. The van der Waals surface area contributed by atoms with E-state index in [9.17, 15) is 5.11 Å². The molecule has 0 fully saturated rings. The molecule has 0 aromatic heterocycles. The fourth-order valence-electron chi connectivity index (χ4n) is 1.62. The zero-order valence-electron chi connectivity index (χ0n) is 12.0. The summed E-state index contributed by atoms with van der Waals surface area (Å²) in [5.74, 6) is 0.598. The predicted octanol–water partition coefficient (Wildman–Crippen LogP) is 2.49. The van der Waals surface area contributed by atoms with E-state index in [1.54, 1.807) is 12.1 Å². The molecule has 5 heteroatoms. The van der Waals surface area contributed by atoms with Gasteiger partial charge in [0.15, 0.2) is 0 Å². The minimum absolute atomic E-state index is 0.225. The second kappa shape index (κ2) is 10.9. The first-order valence-electron chi connectivity index (χ1n) is 7.08. The normalized spacial score (nSPS) is 12.3. The van der Waals surface area contributed by atoms with Gasteiger partial charge < -0.3 is 19.9 Å². The van der Waals surface area contributed by atoms with Gasteiger partial charge in [0.1, 0.15) is 18.5 Å². The van der Waals surface area contributed by atoms with E-state index in [4.69, 9.17) is 21.1 Å². The van der Waals surface area contributed by atoms with Crippen LogP contribution in [0.15, 0.2) is 24.3 Å². The minimum Gasteiger partial charge on any atom is -0.489 e. The Kier molecular flexibility index (Phi) is 9.41. The molecule has 0 bridgehead atoms. The number of ether oxygens (including phenoxy) is 2. The summed E-state index contributed by atoms with van der Waals surface area (Å²) in [4.78, 5) is 0. The van der Waals surface area contributed by atoms with Crippen molar-refractivity contribution in [1.82, 2.24) is 5.32 Å². The lowest BCUT2D eigenvalue weighted by Gasteiger charge is -2.14. The maximum absolute atomic E-state index is 9.78. The number of benzene rings is 1. The van der Waals surface area contributed by atoms with Gasteiger partial charge >= 0.3 is 0 Å². The molecule has 0 aliphatic heterocycles. The van der Waals surface area contributed by atoms with E-state index < -0.39 is 6.10 Å². The number of rotatable bonds is 11. The molecule has 1 unspecified atom stereocenters. The van der Waals surface area contributed by atoms with E-state index in [-0.39, 0.29) is 6.61 Å². The van der Waals surface area contributed by atoms with Crippen LogP contribution in [0.1, 0.15) is 19.8 Å². The first-order valence-corrected chi connectivity index (χ1v) is 7.45. The molecule has 0 amide bonds. The Morgan fingerprint density at radius 2 is 2.10 bits per heavy atom. The van der Waals surface area contributed by atoms with Crippen LogP contribution in [0.25, 0.3) is 0 Å². The number of para-hydroxylation sites is 1. The highest BCUT2D eigenvalue weighted by Crippen LogP contribution is 2.22. The summed E-state index contributed by atoms with van der Waals surface area (Å²) in [5, 5.41) is 13.5. The molecule has 1 rings (SSSR count). The quantitative estimate of drug-likeness (QED) is 0.617. The van der Waals surface area contributed by atoms with Crippen LogP contribution >= 0.6 is 11.6 Å². The number of aliphatic hydroxyl groups is 1. The van der Waals surface area contributed by atoms with Gasteiger partial charge in [-0.1, -0.05) is 30.7 Å². The SMILES string of the molecule is CCCOCCCNCC(O)COc1ccccc1Cl. The Balaban J connectivity index is 2.03. The van der Waals surface area contributed by atoms with E-state index in [2.05, 4.69) is 12.2 Å². The summed E-state index contributed by atoms with van der Waals surface area (Å²) < 4.78 is 10.8. The summed E-state index contributed by atoms with van der Waals surface area (Å²) in [7, 11) is 0. The Bertz CT molecular complexity index is 363. The Labute approximate surface area is 126 Å². The fraction of sp³-hybridized carbons (Fsp3) is 0.600. The van der Waals surface area contributed by atoms with Crippen LogP contribution in [0.5, 0.6) is 5.75 Å². The number of aliphatic hydroxyl groups excluding tert-OH is 1. The van der Waals surface area contributed by atoms with Gasteiger partial charge in [0.2, 0.25) is 0 Å². The van der Waals surface area contributed by atoms with Crippen LogP contribution in [0.4, 0.5) is 0 Å². The van der Waals surface area contributed by atoms with Crippen LogP contribution in [-0.2, 0) is 4.74 Å². The largest absolute Gasteiger partial charge is 0.489 e. The van der Waals surface area contributed by atoms with Gasteiger partial charge in [-0.3, -0.25) is 0 Å². The highest BCUT2D eigenvalue weighted by molar-refractivity contribution is 6.32. The van der Waals surface area contributed by atoms with Gasteiger partial charge in [0.25, 0.3) is 0 Å². The molecule has 1 aromatic rings. The molecule has 0 spiro atoms. The van der Waals surface area contributed by atoms with Crippen molar-refractivity contribution >= 4 is 11.6 Å². The number of hydrogen-bond acceptors (Lipinski definition) is 4. The summed E-state index contributed by atoms with van der Waals surface area (Å²) in [6.07, 6.45) is 1.44. The van der Waals surface area contributed by atoms with E-state index in [0.717, 1.165) is 32.6 Å². The maximum atomic E-state index is 9.78. The van der Waals surface area contributed by atoms with Crippen molar-refractivity contribution in [2.45, 2.75) is 25.9 Å². The highest BCUT2D eigenvalue weighted by atomic mass is 35.5. The molecule has 0 aliphatic rings. The van der Waals surface area contributed by atoms with E-state index in [1.807, 2.05) is 12.1 Å². The lowest BCUT2D eigenvalue weighted by atomic mass is 10.3. The van der Waals surface area contributed by atoms with Crippen molar-refractivity contribution in [1.29, 1.82) is 0 Å². The van der Waals surface area contributed by atoms with E-state index in [1.165, 1.54) is 0 Å². The summed E-state index contributed by atoms with van der Waals surface area (Å²) in [5.41, 5.74) is 0. The molecule has 0 aliphatic carbocycles. The minimum atomic E-state index is -0.553. The predicted molar refractivity (Wildman–Crippen MR) is 81.6 cm³/mol. The van der Waals surface area contributed by atoms with E-state index >= 15 is 0 Å². The molecule has 20 heavy (non-hydrogen) atoms. The molecule has 0 radical (unpaired) electrons. The van der Waals surface area contributed by atoms with Gasteiger partial charge in [-0.15, -0.1) is 0 Å². The molecule has 4 nitrogen and oxygen atoms in total. The summed E-state index contributed by atoms with van der Waals surface area (Å²) >= 11 is 5.96. The Hall–Kier alpha value is -0.810. The first-order chi connectivity index (χ1) is 9.74. The van der Waals surface area contributed by atoms with E-state index in [0.29, 0.717) is 17.3 Å².